The summed E-state index contributed by atoms with van der Waals surface area (Å²) < 4.78 is 0. The van der Waals surface area contributed by atoms with Crippen molar-refractivity contribution in [1.82, 2.24) is 0 Å². The van der Waals surface area contributed by atoms with Crippen LogP contribution in [-0.2, 0) is 17.6 Å². The molecular weight excluding hydrogens is 336 g/mol. The second kappa shape index (κ2) is 7.37. The van der Waals surface area contributed by atoms with Crippen molar-refractivity contribution in [2.75, 3.05) is 0 Å². The van der Waals surface area contributed by atoms with E-state index in [4.69, 9.17) is 5.11 Å². The van der Waals surface area contributed by atoms with Crippen molar-refractivity contribution in [2.24, 2.45) is 0 Å². The standard InChI is InChI=1S/C24H22O3/c25-21(15-24(26)27)11-7-16-5-8-17(9-6-16)18-10-12-23-20(13-18)14-19-3-1-2-4-22(19)23/h1-6,8-10,12-13,21,25H,7,11,14-15H2,(H,26,27). The molecule has 2 N–H and O–H groups in total. The van der Waals surface area contributed by atoms with Crippen molar-refractivity contribution in [3.8, 4) is 22.3 Å². The Morgan fingerprint density at radius 1 is 0.889 bits per heavy atom. The minimum Gasteiger partial charge on any atom is -0.481 e. The monoisotopic (exact) mass is 358 g/mol. The van der Waals surface area contributed by atoms with Crippen LogP contribution in [0.5, 0.6) is 0 Å². The van der Waals surface area contributed by atoms with Gasteiger partial charge in [0, 0.05) is 0 Å². The van der Waals surface area contributed by atoms with Crippen LogP contribution < -0.4 is 0 Å². The summed E-state index contributed by atoms with van der Waals surface area (Å²) in [5, 5.41) is 18.4. The second-order valence-electron chi connectivity index (χ2n) is 7.19. The van der Waals surface area contributed by atoms with Crippen LogP contribution in [0, 0.1) is 0 Å². The minimum atomic E-state index is -0.961. The summed E-state index contributed by atoms with van der Waals surface area (Å²) in [7, 11) is 0. The number of fused-ring (bicyclic) bond motifs is 3. The number of aryl methyl sites for hydroxylation is 1. The zero-order valence-electron chi connectivity index (χ0n) is 15.1. The molecule has 0 amide bonds. The van der Waals surface area contributed by atoms with E-state index in [-0.39, 0.29) is 6.42 Å². The molecule has 0 spiro atoms. The van der Waals surface area contributed by atoms with Crippen molar-refractivity contribution in [3.63, 3.8) is 0 Å². The Balaban J connectivity index is 1.47. The first-order valence-electron chi connectivity index (χ1n) is 9.30. The highest BCUT2D eigenvalue weighted by Crippen LogP contribution is 2.38. The highest BCUT2D eigenvalue weighted by Gasteiger charge is 2.18. The van der Waals surface area contributed by atoms with Crippen molar-refractivity contribution >= 4 is 5.97 Å². The average molecular weight is 358 g/mol. The highest BCUT2D eigenvalue weighted by molar-refractivity contribution is 5.80. The molecule has 0 aliphatic heterocycles. The first-order valence-corrected chi connectivity index (χ1v) is 9.30. The predicted octanol–water partition coefficient (Wildman–Crippen LogP) is 4.69. The number of aliphatic hydroxyl groups is 1. The van der Waals surface area contributed by atoms with Crippen LogP contribution in [0.2, 0.25) is 0 Å². The van der Waals surface area contributed by atoms with Gasteiger partial charge in [-0.05, 0) is 58.2 Å². The Bertz CT molecular complexity index is 973. The molecule has 0 saturated carbocycles. The molecule has 0 radical (unpaired) electrons. The Morgan fingerprint density at radius 2 is 1.59 bits per heavy atom. The van der Waals surface area contributed by atoms with Gasteiger partial charge in [0.05, 0.1) is 12.5 Å². The van der Waals surface area contributed by atoms with Gasteiger partial charge in [0.1, 0.15) is 0 Å². The number of hydrogen-bond acceptors (Lipinski definition) is 2. The fourth-order valence-corrected chi connectivity index (χ4v) is 3.83. The summed E-state index contributed by atoms with van der Waals surface area (Å²) in [5.74, 6) is -0.961. The van der Waals surface area contributed by atoms with Gasteiger partial charge in [-0.3, -0.25) is 4.79 Å². The number of carboxylic acids is 1. The number of benzene rings is 3. The van der Waals surface area contributed by atoms with Gasteiger partial charge in [-0.15, -0.1) is 0 Å². The lowest BCUT2D eigenvalue weighted by molar-refractivity contribution is -0.139. The number of carbonyl (C=O) groups is 1. The summed E-state index contributed by atoms with van der Waals surface area (Å²) in [6.07, 6.45) is 1.13. The van der Waals surface area contributed by atoms with E-state index in [1.165, 1.54) is 33.4 Å². The van der Waals surface area contributed by atoms with Gasteiger partial charge in [-0.25, -0.2) is 0 Å². The Kier molecular flexibility index (Phi) is 4.78. The van der Waals surface area contributed by atoms with Crippen LogP contribution in [0.15, 0.2) is 66.7 Å². The van der Waals surface area contributed by atoms with E-state index in [2.05, 4.69) is 66.7 Å². The van der Waals surface area contributed by atoms with Gasteiger partial charge < -0.3 is 10.2 Å². The predicted molar refractivity (Wildman–Crippen MR) is 107 cm³/mol. The van der Waals surface area contributed by atoms with Crippen LogP contribution >= 0.6 is 0 Å². The third kappa shape index (κ3) is 3.79. The lowest BCUT2D eigenvalue weighted by Gasteiger charge is -2.09. The fourth-order valence-electron chi connectivity index (χ4n) is 3.83. The van der Waals surface area contributed by atoms with Crippen LogP contribution in [0.4, 0.5) is 0 Å². The van der Waals surface area contributed by atoms with E-state index in [0.717, 1.165) is 12.0 Å². The van der Waals surface area contributed by atoms with Crippen LogP contribution in [0.3, 0.4) is 0 Å². The van der Waals surface area contributed by atoms with Gasteiger partial charge in [-0.1, -0.05) is 66.7 Å². The van der Waals surface area contributed by atoms with Crippen LogP contribution in [0.25, 0.3) is 22.3 Å². The minimum absolute atomic E-state index is 0.199. The van der Waals surface area contributed by atoms with Gasteiger partial charge >= 0.3 is 5.97 Å². The maximum atomic E-state index is 10.6. The molecule has 4 rings (SSSR count). The molecule has 1 unspecified atom stereocenters. The van der Waals surface area contributed by atoms with E-state index >= 15 is 0 Å². The molecule has 1 aliphatic rings. The maximum absolute atomic E-state index is 10.6. The molecule has 3 aromatic rings. The zero-order valence-corrected chi connectivity index (χ0v) is 15.1. The zero-order chi connectivity index (χ0) is 18.8. The molecule has 1 aliphatic carbocycles. The third-order valence-corrected chi connectivity index (χ3v) is 5.26. The van der Waals surface area contributed by atoms with Crippen LogP contribution in [-0.4, -0.2) is 22.3 Å². The number of carboxylic acid groups (broad SMARTS) is 1. The summed E-state index contributed by atoms with van der Waals surface area (Å²) in [6.45, 7) is 0. The number of rotatable bonds is 6. The van der Waals surface area contributed by atoms with Gasteiger partial charge in [0.2, 0.25) is 0 Å². The lowest BCUT2D eigenvalue weighted by atomic mass is 9.97. The molecule has 3 aromatic carbocycles. The van der Waals surface area contributed by atoms with Gasteiger partial charge in [0.15, 0.2) is 0 Å². The summed E-state index contributed by atoms with van der Waals surface area (Å²) in [6, 6.07) is 23.6. The first-order chi connectivity index (χ1) is 13.1. The van der Waals surface area contributed by atoms with Crippen molar-refractivity contribution < 1.29 is 15.0 Å². The molecule has 0 fully saturated rings. The van der Waals surface area contributed by atoms with E-state index in [0.29, 0.717) is 12.8 Å². The molecule has 27 heavy (non-hydrogen) atoms. The van der Waals surface area contributed by atoms with Crippen molar-refractivity contribution in [1.29, 1.82) is 0 Å². The molecule has 0 heterocycles. The van der Waals surface area contributed by atoms with E-state index < -0.39 is 12.1 Å². The summed E-state index contributed by atoms with van der Waals surface area (Å²) in [4.78, 5) is 10.6. The molecular formula is C24H22O3. The lowest BCUT2D eigenvalue weighted by Crippen LogP contribution is -2.13. The Labute approximate surface area is 158 Å². The summed E-state index contributed by atoms with van der Waals surface area (Å²) in [5.41, 5.74) is 8.92. The van der Waals surface area contributed by atoms with E-state index in [9.17, 15) is 9.90 Å². The maximum Gasteiger partial charge on any atom is 0.305 e. The first kappa shape index (κ1) is 17.5. The average Bonchev–Trinajstić information content (AvgIpc) is 3.04. The molecule has 3 nitrogen and oxygen atoms in total. The molecule has 0 saturated heterocycles. The third-order valence-electron chi connectivity index (χ3n) is 5.26. The summed E-state index contributed by atoms with van der Waals surface area (Å²) >= 11 is 0. The largest absolute Gasteiger partial charge is 0.481 e. The van der Waals surface area contributed by atoms with Crippen LogP contribution in [0.1, 0.15) is 29.5 Å². The Morgan fingerprint density at radius 3 is 2.37 bits per heavy atom. The normalized spacial score (nSPS) is 13.1. The van der Waals surface area contributed by atoms with Gasteiger partial charge in [0.25, 0.3) is 0 Å². The molecule has 0 aromatic heterocycles. The molecule has 0 bridgehead atoms. The fraction of sp³-hybridized carbons (Fsp3) is 0.208. The number of aliphatic carboxylic acids is 1. The molecule has 136 valence electrons. The van der Waals surface area contributed by atoms with E-state index in [1.54, 1.807) is 0 Å². The van der Waals surface area contributed by atoms with Crippen molar-refractivity contribution in [2.45, 2.75) is 31.8 Å². The smallest absolute Gasteiger partial charge is 0.305 e. The molecule has 1 atom stereocenters. The van der Waals surface area contributed by atoms with Gasteiger partial charge in [-0.2, -0.15) is 0 Å². The van der Waals surface area contributed by atoms with E-state index in [1.807, 2.05) is 0 Å². The quantitative estimate of drug-likeness (QED) is 0.525. The van der Waals surface area contributed by atoms with Crippen molar-refractivity contribution in [3.05, 3.63) is 83.4 Å². The SMILES string of the molecule is O=C(O)CC(O)CCc1ccc(-c2ccc3c(c2)Cc2ccccc2-3)cc1. The Hall–Kier alpha value is -2.91. The highest BCUT2D eigenvalue weighted by atomic mass is 16.4. The second-order valence-corrected chi connectivity index (χ2v) is 7.19. The topological polar surface area (TPSA) is 57.5 Å². The molecule has 3 heteroatoms. The number of aliphatic hydroxyl groups excluding tert-OH is 1. The number of hydrogen-bond donors (Lipinski definition) is 2.